The van der Waals surface area contributed by atoms with Crippen molar-refractivity contribution in [3.8, 4) is 22.8 Å². The second-order valence-electron chi connectivity index (χ2n) is 12.0. The van der Waals surface area contributed by atoms with Crippen LogP contribution in [0.15, 0.2) is 164 Å². The van der Waals surface area contributed by atoms with E-state index in [1.807, 2.05) is 0 Å². The van der Waals surface area contributed by atoms with Gasteiger partial charge in [-0.05, 0) is 57.9 Å². The lowest BCUT2D eigenvalue weighted by molar-refractivity contribution is 1.10. The van der Waals surface area contributed by atoms with Crippen LogP contribution >= 0.6 is 0 Å². The Morgan fingerprint density at radius 3 is 1.50 bits per heavy atom. The van der Waals surface area contributed by atoms with Gasteiger partial charge in [0.1, 0.15) is 5.82 Å². The molecule has 8 aromatic carbocycles. The Morgan fingerprint density at radius 2 is 0.826 bits per heavy atom. The zero-order chi connectivity index (χ0) is 30.2. The fourth-order valence-corrected chi connectivity index (χ4v) is 7.51. The van der Waals surface area contributed by atoms with Crippen LogP contribution in [0.3, 0.4) is 0 Å². The molecule has 214 valence electrons. The summed E-state index contributed by atoms with van der Waals surface area (Å²) in [6, 6.07) is 58.8. The van der Waals surface area contributed by atoms with Crippen molar-refractivity contribution in [3.63, 3.8) is 0 Å². The van der Waals surface area contributed by atoms with Gasteiger partial charge in [0, 0.05) is 38.5 Å². The Labute approximate surface area is 265 Å². The Balaban J connectivity index is 1.30. The molecular formula is C43H27N3. The van der Waals surface area contributed by atoms with Crippen molar-refractivity contribution in [2.75, 3.05) is 0 Å². The molecule has 0 aliphatic heterocycles. The molecule has 0 bridgehead atoms. The Morgan fingerprint density at radius 1 is 0.348 bits per heavy atom. The SMILES string of the molecule is c1ccc2c(-c3nc4c5ccccc5c5ccccc5c4n3-c3ccc(-n4c5ccccc5c5ccccc54)cc3)cccc2c1. The summed E-state index contributed by atoms with van der Waals surface area (Å²) in [6.07, 6.45) is 0. The molecule has 0 unspecified atom stereocenters. The van der Waals surface area contributed by atoms with Gasteiger partial charge < -0.3 is 4.57 Å². The quantitative estimate of drug-likeness (QED) is 0.189. The highest BCUT2D eigenvalue weighted by Crippen LogP contribution is 2.41. The molecule has 0 aliphatic carbocycles. The summed E-state index contributed by atoms with van der Waals surface area (Å²) in [5.74, 6) is 0.943. The molecule has 2 aromatic heterocycles. The predicted octanol–water partition coefficient (Wildman–Crippen LogP) is 11.2. The van der Waals surface area contributed by atoms with Crippen molar-refractivity contribution in [1.82, 2.24) is 14.1 Å². The number of fused-ring (bicyclic) bond motifs is 10. The third-order valence-electron chi connectivity index (χ3n) is 9.51. The number of hydrogen-bond acceptors (Lipinski definition) is 1. The van der Waals surface area contributed by atoms with Crippen LogP contribution in [0.25, 0.3) is 87.9 Å². The highest BCUT2D eigenvalue weighted by molar-refractivity contribution is 6.24. The van der Waals surface area contributed by atoms with Crippen LogP contribution in [0.4, 0.5) is 0 Å². The van der Waals surface area contributed by atoms with Crippen molar-refractivity contribution >= 4 is 65.2 Å². The lowest BCUT2D eigenvalue weighted by Gasteiger charge is -2.15. The fourth-order valence-electron chi connectivity index (χ4n) is 7.51. The summed E-state index contributed by atoms with van der Waals surface area (Å²) in [6.45, 7) is 0. The number of para-hydroxylation sites is 2. The first-order valence-electron chi connectivity index (χ1n) is 15.7. The van der Waals surface area contributed by atoms with Gasteiger partial charge in [-0.3, -0.25) is 4.57 Å². The summed E-state index contributed by atoms with van der Waals surface area (Å²) in [5, 5.41) is 9.74. The number of hydrogen-bond donors (Lipinski definition) is 0. The maximum absolute atomic E-state index is 5.50. The molecule has 2 heterocycles. The van der Waals surface area contributed by atoms with Crippen LogP contribution in [0, 0.1) is 0 Å². The molecule has 0 N–H and O–H groups in total. The third-order valence-corrected chi connectivity index (χ3v) is 9.51. The molecule has 0 saturated carbocycles. The third kappa shape index (κ3) is 3.51. The second kappa shape index (κ2) is 9.65. The topological polar surface area (TPSA) is 22.8 Å². The number of rotatable bonds is 3. The smallest absolute Gasteiger partial charge is 0.146 e. The Hall–Kier alpha value is -6.19. The molecule has 3 nitrogen and oxygen atoms in total. The second-order valence-corrected chi connectivity index (χ2v) is 12.0. The van der Waals surface area contributed by atoms with Crippen molar-refractivity contribution < 1.29 is 0 Å². The molecule has 10 rings (SSSR count). The van der Waals surface area contributed by atoms with Gasteiger partial charge in [-0.25, -0.2) is 4.98 Å². The molecule has 46 heavy (non-hydrogen) atoms. The van der Waals surface area contributed by atoms with Gasteiger partial charge in [0.2, 0.25) is 0 Å². The predicted molar refractivity (Wildman–Crippen MR) is 193 cm³/mol. The van der Waals surface area contributed by atoms with E-state index in [1.165, 1.54) is 54.1 Å². The first-order valence-corrected chi connectivity index (χ1v) is 15.7. The molecule has 0 atom stereocenters. The van der Waals surface area contributed by atoms with E-state index in [0.717, 1.165) is 33.8 Å². The monoisotopic (exact) mass is 585 g/mol. The summed E-state index contributed by atoms with van der Waals surface area (Å²) >= 11 is 0. The van der Waals surface area contributed by atoms with Crippen LogP contribution in [0.2, 0.25) is 0 Å². The van der Waals surface area contributed by atoms with Gasteiger partial charge in [-0.1, -0.05) is 127 Å². The van der Waals surface area contributed by atoms with Crippen molar-refractivity contribution in [1.29, 1.82) is 0 Å². The Kier molecular flexibility index (Phi) is 5.28. The standard InChI is InChI=1S/C43H27N3/c1-2-14-31-28(12-1)13-11-21-38(31)43-44-41-36-19-5-3-15-32(36)33-16-4-6-20-37(33)42(41)46(43)30-26-24-29(25-27-30)45-39-22-9-7-17-34(39)35-18-8-10-23-40(35)45/h1-27H. The van der Waals surface area contributed by atoms with Gasteiger partial charge in [-0.15, -0.1) is 0 Å². The van der Waals surface area contributed by atoms with Gasteiger partial charge in [-0.2, -0.15) is 0 Å². The van der Waals surface area contributed by atoms with Gasteiger partial charge in [0.15, 0.2) is 0 Å². The van der Waals surface area contributed by atoms with Crippen molar-refractivity contribution in [2.24, 2.45) is 0 Å². The van der Waals surface area contributed by atoms with Gasteiger partial charge >= 0.3 is 0 Å². The van der Waals surface area contributed by atoms with Crippen LogP contribution in [-0.2, 0) is 0 Å². The van der Waals surface area contributed by atoms with Crippen LogP contribution in [0.5, 0.6) is 0 Å². The van der Waals surface area contributed by atoms with E-state index < -0.39 is 0 Å². The van der Waals surface area contributed by atoms with Crippen LogP contribution < -0.4 is 0 Å². The minimum Gasteiger partial charge on any atom is -0.309 e. The summed E-state index contributed by atoms with van der Waals surface area (Å²) in [7, 11) is 0. The summed E-state index contributed by atoms with van der Waals surface area (Å²) in [4.78, 5) is 5.50. The molecule has 0 spiro atoms. The number of benzene rings is 8. The summed E-state index contributed by atoms with van der Waals surface area (Å²) in [5.41, 5.74) is 7.89. The average molecular weight is 586 g/mol. The first-order chi connectivity index (χ1) is 22.8. The van der Waals surface area contributed by atoms with Crippen LogP contribution in [-0.4, -0.2) is 14.1 Å². The normalized spacial score (nSPS) is 11.9. The van der Waals surface area contributed by atoms with E-state index in [0.29, 0.717) is 0 Å². The van der Waals surface area contributed by atoms with Crippen LogP contribution in [0.1, 0.15) is 0 Å². The van der Waals surface area contributed by atoms with E-state index in [1.54, 1.807) is 0 Å². The van der Waals surface area contributed by atoms with Gasteiger partial charge in [0.25, 0.3) is 0 Å². The van der Waals surface area contributed by atoms with Gasteiger partial charge in [0.05, 0.1) is 22.1 Å². The van der Waals surface area contributed by atoms with Crippen molar-refractivity contribution in [3.05, 3.63) is 164 Å². The van der Waals surface area contributed by atoms with E-state index in [2.05, 4.69) is 173 Å². The number of nitrogens with zero attached hydrogens (tertiary/aromatic N) is 3. The van der Waals surface area contributed by atoms with E-state index in [4.69, 9.17) is 4.98 Å². The Bertz CT molecular complexity index is 2740. The number of imidazole rings is 1. The zero-order valence-corrected chi connectivity index (χ0v) is 24.9. The first kappa shape index (κ1) is 25.2. The summed E-state index contributed by atoms with van der Waals surface area (Å²) < 4.78 is 4.75. The molecule has 3 heteroatoms. The maximum atomic E-state index is 5.50. The lowest BCUT2D eigenvalue weighted by atomic mass is 10.00. The van der Waals surface area contributed by atoms with Crippen molar-refractivity contribution in [2.45, 2.75) is 0 Å². The molecule has 0 radical (unpaired) electrons. The lowest BCUT2D eigenvalue weighted by Crippen LogP contribution is -2.00. The zero-order valence-electron chi connectivity index (χ0n) is 24.9. The van der Waals surface area contributed by atoms with E-state index >= 15 is 0 Å². The highest BCUT2D eigenvalue weighted by Gasteiger charge is 2.21. The number of aromatic nitrogens is 3. The molecular weight excluding hydrogens is 558 g/mol. The van der Waals surface area contributed by atoms with E-state index in [-0.39, 0.29) is 0 Å². The fraction of sp³-hybridized carbons (Fsp3) is 0. The maximum Gasteiger partial charge on any atom is 0.146 e. The average Bonchev–Trinajstić information content (AvgIpc) is 3.69. The molecule has 0 amide bonds. The van der Waals surface area contributed by atoms with E-state index in [9.17, 15) is 0 Å². The molecule has 0 saturated heterocycles. The largest absolute Gasteiger partial charge is 0.309 e. The minimum atomic E-state index is 0.943. The molecule has 0 aliphatic rings. The minimum absolute atomic E-state index is 0.943. The molecule has 10 aromatic rings. The molecule has 0 fully saturated rings. The highest BCUT2D eigenvalue weighted by atomic mass is 15.1.